The standard InChI is InChI=1S/C19H17NO/c20-17-12-19(21-18-11-4-3-9-16(17)18)15-10-5-7-13-6-1-2-8-14(13)15/h1-11,17,19H,12,20H2/t17-,19?/m0/s1. The van der Waals surface area contributed by atoms with Crippen molar-refractivity contribution in [2.45, 2.75) is 18.6 Å². The summed E-state index contributed by atoms with van der Waals surface area (Å²) in [5.74, 6) is 0.911. The van der Waals surface area contributed by atoms with Crippen LogP contribution in [0, 0.1) is 0 Å². The van der Waals surface area contributed by atoms with Gasteiger partial charge in [-0.15, -0.1) is 0 Å². The molecule has 0 amide bonds. The molecule has 2 nitrogen and oxygen atoms in total. The Morgan fingerprint density at radius 2 is 1.52 bits per heavy atom. The Bertz CT molecular complexity index is 791. The number of hydrogen-bond acceptors (Lipinski definition) is 2. The van der Waals surface area contributed by atoms with Gasteiger partial charge >= 0.3 is 0 Å². The third-order valence-corrected chi connectivity index (χ3v) is 4.23. The minimum atomic E-state index is 0.0148. The first-order valence-corrected chi connectivity index (χ1v) is 7.32. The number of benzene rings is 3. The average molecular weight is 275 g/mol. The van der Waals surface area contributed by atoms with Crippen molar-refractivity contribution in [1.29, 1.82) is 0 Å². The van der Waals surface area contributed by atoms with E-state index >= 15 is 0 Å². The van der Waals surface area contributed by atoms with Crippen LogP contribution in [0.15, 0.2) is 66.7 Å². The summed E-state index contributed by atoms with van der Waals surface area (Å²) < 4.78 is 6.22. The van der Waals surface area contributed by atoms with Gasteiger partial charge in [0, 0.05) is 23.6 Å². The van der Waals surface area contributed by atoms with Crippen molar-refractivity contribution in [2.24, 2.45) is 5.73 Å². The van der Waals surface area contributed by atoms with Crippen LogP contribution in [0.5, 0.6) is 5.75 Å². The first-order chi connectivity index (χ1) is 10.3. The smallest absolute Gasteiger partial charge is 0.126 e. The van der Waals surface area contributed by atoms with E-state index in [2.05, 4.69) is 48.5 Å². The van der Waals surface area contributed by atoms with Crippen molar-refractivity contribution >= 4 is 10.8 Å². The van der Waals surface area contributed by atoms with Crippen LogP contribution < -0.4 is 10.5 Å². The normalized spacial score (nSPS) is 20.8. The number of rotatable bonds is 1. The highest BCUT2D eigenvalue weighted by Gasteiger charge is 2.27. The molecule has 21 heavy (non-hydrogen) atoms. The SMILES string of the molecule is N[C@H]1CC(c2cccc3ccccc23)Oc2ccccc21. The number of fused-ring (bicyclic) bond motifs is 2. The third-order valence-electron chi connectivity index (χ3n) is 4.23. The Kier molecular flexibility index (Phi) is 2.90. The van der Waals surface area contributed by atoms with Crippen molar-refractivity contribution in [3.8, 4) is 5.75 Å². The summed E-state index contributed by atoms with van der Waals surface area (Å²) in [6.45, 7) is 0. The summed E-state index contributed by atoms with van der Waals surface area (Å²) in [6.07, 6.45) is 0.825. The fourth-order valence-corrected chi connectivity index (χ4v) is 3.17. The van der Waals surface area contributed by atoms with Crippen LogP contribution in [0.25, 0.3) is 10.8 Å². The molecule has 0 radical (unpaired) electrons. The Hall–Kier alpha value is -2.32. The molecule has 1 heterocycles. The number of nitrogens with two attached hydrogens (primary N) is 1. The molecule has 2 heteroatoms. The molecule has 0 aromatic heterocycles. The maximum Gasteiger partial charge on any atom is 0.126 e. The van der Waals surface area contributed by atoms with Crippen LogP contribution in [-0.2, 0) is 0 Å². The quantitative estimate of drug-likeness (QED) is 0.716. The van der Waals surface area contributed by atoms with Gasteiger partial charge in [-0.3, -0.25) is 0 Å². The number of ether oxygens (including phenoxy) is 1. The molecule has 0 spiro atoms. The van der Waals surface area contributed by atoms with Gasteiger partial charge in [-0.25, -0.2) is 0 Å². The van der Waals surface area contributed by atoms with Gasteiger partial charge in [0.15, 0.2) is 0 Å². The summed E-state index contributed by atoms with van der Waals surface area (Å²) in [7, 11) is 0. The molecule has 4 rings (SSSR count). The zero-order valence-electron chi connectivity index (χ0n) is 11.7. The van der Waals surface area contributed by atoms with E-state index in [1.165, 1.54) is 16.3 Å². The zero-order chi connectivity index (χ0) is 14.2. The average Bonchev–Trinajstić information content (AvgIpc) is 2.54. The molecule has 1 aliphatic rings. The molecule has 0 saturated carbocycles. The summed E-state index contributed by atoms with van der Waals surface area (Å²) in [4.78, 5) is 0. The van der Waals surface area contributed by atoms with Gasteiger partial charge in [-0.05, 0) is 16.8 Å². The lowest BCUT2D eigenvalue weighted by molar-refractivity contribution is 0.163. The Balaban J connectivity index is 1.81. The predicted octanol–water partition coefficient (Wildman–Crippen LogP) is 4.36. The van der Waals surface area contributed by atoms with E-state index in [1.54, 1.807) is 0 Å². The molecule has 3 aromatic rings. The second-order valence-electron chi connectivity index (χ2n) is 5.55. The molecule has 0 bridgehead atoms. The van der Waals surface area contributed by atoms with Crippen LogP contribution in [0.4, 0.5) is 0 Å². The van der Waals surface area contributed by atoms with E-state index in [0.717, 1.165) is 17.7 Å². The van der Waals surface area contributed by atoms with Gasteiger partial charge in [-0.2, -0.15) is 0 Å². The second kappa shape index (κ2) is 4.90. The molecule has 2 atom stereocenters. The van der Waals surface area contributed by atoms with E-state index in [4.69, 9.17) is 10.5 Å². The molecule has 3 aromatic carbocycles. The molecule has 2 N–H and O–H groups in total. The minimum absolute atomic E-state index is 0.0148. The second-order valence-corrected chi connectivity index (χ2v) is 5.55. The fourth-order valence-electron chi connectivity index (χ4n) is 3.17. The summed E-state index contributed by atoms with van der Waals surface area (Å²) in [6, 6.07) is 22.9. The lowest BCUT2D eigenvalue weighted by Crippen LogP contribution is -2.24. The van der Waals surface area contributed by atoms with E-state index in [1.807, 2.05) is 18.2 Å². The predicted molar refractivity (Wildman–Crippen MR) is 85.3 cm³/mol. The minimum Gasteiger partial charge on any atom is -0.485 e. The first kappa shape index (κ1) is 12.4. The maximum absolute atomic E-state index is 6.34. The van der Waals surface area contributed by atoms with Crippen LogP contribution in [0.1, 0.15) is 29.7 Å². The van der Waals surface area contributed by atoms with Crippen molar-refractivity contribution < 1.29 is 4.74 Å². The molecule has 0 fully saturated rings. The highest BCUT2D eigenvalue weighted by atomic mass is 16.5. The molecular formula is C19H17NO. The lowest BCUT2D eigenvalue weighted by Gasteiger charge is -2.31. The number of para-hydroxylation sites is 1. The van der Waals surface area contributed by atoms with E-state index in [-0.39, 0.29) is 12.1 Å². The summed E-state index contributed by atoms with van der Waals surface area (Å²) in [5, 5.41) is 2.49. The van der Waals surface area contributed by atoms with Crippen molar-refractivity contribution in [3.63, 3.8) is 0 Å². The van der Waals surface area contributed by atoms with Crippen LogP contribution in [-0.4, -0.2) is 0 Å². The Morgan fingerprint density at radius 3 is 2.48 bits per heavy atom. The van der Waals surface area contributed by atoms with Crippen LogP contribution >= 0.6 is 0 Å². The highest BCUT2D eigenvalue weighted by molar-refractivity contribution is 5.86. The van der Waals surface area contributed by atoms with Crippen molar-refractivity contribution in [2.75, 3.05) is 0 Å². The molecule has 1 aliphatic heterocycles. The molecular weight excluding hydrogens is 258 g/mol. The molecule has 0 aliphatic carbocycles. The lowest BCUT2D eigenvalue weighted by atomic mass is 9.91. The van der Waals surface area contributed by atoms with Crippen molar-refractivity contribution in [3.05, 3.63) is 77.9 Å². The van der Waals surface area contributed by atoms with E-state index in [0.29, 0.717) is 0 Å². The molecule has 0 saturated heterocycles. The zero-order valence-corrected chi connectivity index (χ0v) is 11.7. The van der Waals surface area contributed by atoms with Crippen LogP contribution in [0.2, 0.25) is 0 Å². The summed E-state index contributed by atoms with van der Waals surface area (Å²) in [5.41, 5.74) is 8.66. The van der Waals surface area contributed by atoms with Gasteiger partial charge in [0.25, 0.3) is 0 Å². The molecule has 1 unspecified atom stereocenters. The topological polar surface area (TPSA) is 35.2 Å². The van der Waals surface area contributed by atoms with Gasteiger partial charge < -0.3 is 10.5 Å². The highest BCUT2D eigenvalue weighted by Crippen LogP contribution is 2.41. The van der Waals surface area contributed by atoms with Crippen molar-refractivity contribution in [1.82, 2.24) is 0 Å². The largest absolute Gasteiger partial charge is 0.485 e. The van der Waals surface area contributed by atoms with Gasteiger partial charge in [0.2, 0.25) is 0 Å². The van der Waals surface area contributed by atoms with Gasteiger partial charge in [0.1, 0.15) is 11.9 Å². The Labute approximate surface area is 124 Å². The summed E-state index contributed by atoms with van der Waals surface area (Å²) >= 11 is 0. The van der Waals surface area contributed by atoms with Gasteiger partial charge in [0.05, 0.1) is 0 Å². The number of hydrogen-bond donors (Lipinski definition) is 1. The first-order valence-electron chi connectivity index (χ1n) is 7.32. The van der Waals surface area contributed by atoms with Crippen LogP contribution in [0.3, 0.4) is 0 Å². The van der Waals surface area contributed by atoms with Gasteiger partial charge in [-0.1, -0.05) is 60.7 Å². The maximum atomic E-state index is 6.34. The third kappa shape index (κ3) is 2.08. The monoisotopic (exact) mass is 275 g/mol. The Morgan fingerprint density at radius 1 is 0.810 bits per heavy atom. The fraction of sp³-hybridized carbons (Fsp3) is 0.158. The van der Waals surface area contributed by atoms with E-state index in [9.17, 15) is 0 Å². The van der Waals surface area contributed by atoms with E-state index < -0.39 is 0 Å². The molecule has 104 valence electrons.